The van der Waals surface area contributed by atoms with Crippen LogP contribution in [0.4, 0.5) is 5.69 Å². The number of nitrogens with one attached hydrogen (secondary N) is 1. The van der Waals surface area contributed by atoms with Crippen molar-refractivity contribution >= 4 is 21.7 Å². The van der Waals surface area contributed by atoms with Gasteiger partial charge in [0, 0.05) is 7.05 Å². The number of rotatable bonds is 4. The molecule has 2 rings (SSSR count). The van der Waals surface area contributed by atoms with E-state index in [-0.39, 0.29) is 16.3 Å². The average Bonchev–Trinajstić information content (AvgIpc) is 2.79. The van der Waals surface area contributed by atoms with E-state index < -0.39 is 16.0 Å². The topological polar surface area (TPSA) is 101 Å². The minimum atomic E-state index is -3.90. The van der Waals surface area contributed by atoms with Crippen molar-refractivity contribution in [1.29, 1.82) is 0 Å². The molecule has 2 N–H and O–H groups in total. The minimum absolute atomic E-state index is 0.0428. The number of hydrogen-bond donors (Lipinski definition) is 2. The van der Waals surface area contributed by atoms with E-state index in [2.05, 4.69) is 9.82 Å². The summed E-state index contributed by atoms with van der Waals surface area (Å²) >= 11 is 0. The number of nitrogens with zero attached hydrogens (tertiary/aromatic N) is 2. The molecule has 1 aromatic carbocycles. The second-order valence-electron chi connectivity index (χ2n) is 4.71. The lowest BCUT2D eigenvalue weighted by atomic mass is 10.0. The fraction of sp³-hybridized carbons (Fsp3) is 0.231. The summed E-state index contributed by atoms with van der Waals surface area (Å²) in [5.41, 5.74) is 1.26. The predicted molar refractivity (Wildman–Crippen MR) is 76.9 cm³/mol. The zero-order chi connectivity index (χ0) is 15.8. The second-order valence-corrected chi connectivity index (χ2v) is 6.34. The molecule has 8 heteroatoms. The fourth-order valence-corrected chi connectivity index (χ4v) is 3.36. The molecule has 0 atom stereocenters. The number of anilines is 1. The summed E-state index contributed by atoms with van der Waals surface area (Å²) in [5.74, 6) is -1.19. The molecule has 1 heterocycles. The van der Waals surface area contributed by atoms with Crippen LogP contribution in [-0.4, -0.2) is 29.3 Å². The highest BCUT2D eigenvalue weighted by molar-refractivity contribution is 7.92. The summed E-state index contributed by atoms with van der Waals surface area (Å²) in [7, 11) is -2.41. The second kappa shape index (κ2) is 5.21. The van der Waals surface area contributed by atoms with E-state index in [1.54, 1.807) is 19.9 Å². The quantitative estimate of drug-likeness (QED) is 0.892. The van der Waals surface area contributed by atoms with Gasteiger partial charge in [-0.2, -0.15) is 13.5 Å². The highest BCUT2D eigenvalue weighted by atomic mass is 32.2. The smallest absolute Gasteiger partial charge is 0.337 e. The number of sulfonamides is 1. The number of carboxylic acid groups (broad SMARTS) is 1. The van der Waals surface area contributed by atoms with E-state index in [4.69, 9.17) is 0 Å². The van der Waals surface area contributed by atoms with Gasteiger partial charge in [0.25, 0.3) is 10.0 Å². The summed E-state index contributed by atoms with van der Waals surface area (Å²) in [6.07, 6.45) is 1.36. The molecule has 0 aliphatic rings. The summed E-state index contributed by atoms with van der Waals surface area (Å²) < 4.78 is 28.2. The summed E-state index contributed by atoms with van der Waals surface area (Å²) in [6.45, 7) is 3.40. The van der Waals surface area contributed by atoms with Crippen LogP contribution in [0, 0.1) is 13.8 Å². The first-order valence-corrected chi connectivity index (χ1v) is 7.56. The molecule has 0 radical (unpaired) electrons. The lowest BCUT2D eigenvalue weighted by Gasteiger charge is -2.14. The van der Waals surface area contributed by atoms with Crippen molar-refractivity contribution in [3.63, 3.8) is 0 Å². The van der Waals surface area contributed by atoms with Crippen molar-refractivity contribution < 1.29 is 18.3 Å². The third-order valence-corrected chi connectivity index (χ3v) is 4.42. The lowest BCUT2D eigenvalue weighted by Crippen LogP contribution is -2.19. The molecule has 0 saturated carbocycles. The molecule has 0 spiro atoms. The van der Waals surface area contributed by atoms with Crippen molar-refractivity contribution in [3.05, 3.63) is 41.1 Å². The average molecular weight is 309 g/mol. The molecule has 0 aliphatic heterocycles. The molecule has 7 nitrogen and oxygen atoms in total. The summed E-state index contributed by atoms with van der Waals surface area (Å²) in [5, 5.41) is 13.0. The Bertz CT molecular complexity index is 809. The number of benzene rings is 1. The first-order valence-electron chi connectivity index (χ1n) is 6.08. The maximum atomic E-state index is 12.3. The molecule has 0 aliphatic carbocycles. The zero-order valence-electron chi connectivity index (χ0n) is 11.8. The fourth-order valence-electron chi connectivity index (χ4n) is 2.08. The molecule has 0 saturated heterocycles. The highest BCUT2D eigenvalue weighted by Crippen LogP contribution is 2.25. The van der Waals surface area contributed by atoms with Crippen LogP contribution < -0.4 is 4.72 Å². The van der Waals surface area contributed by atoms with Crippen molar-refractivity contribution in [2.45, 2.75) is 18.9 Å². The normalized spacial score (nSPS) is 11.4. The minimum Gasteiger partial charge on any atom is -0.478 e. The molecule has 21 heavy (non-hydrogen) atoms. The van der Waals surface area contributed by atoms with Crippen LogP contribution in [0.5, 0.6) is 0 Å². The highest BCUT2D eigenvalue weighted by Gasteiger charge is 2.22. The van der Waals surface area contributed by atoms with Gasteiger partial charge in [-0.25, -0.2) is 4.79 Å². The van der Waals surface area contributed by atoms with Crippen molar-refractivity contribution in [1.82, 2.24) is 9.78 Å². The molecule has 2 aromatic rings. The monoisotopic (exact) mass is 309 g/mol. The predicted octanol–water partition coefficient (Wildman–Crippen LogP) is 1.54. The van der Waals surface area contributed by atoms with E-state index in [9.17, 15) is 18.3 Å². The first-order chi connectivity index (χ1) is 9.72. The Morgan fingerprint density at radius 1 is 1.33 bits per heavy atom. The van der Waals surface area contributed by atoms with Crippen LogP contribution >= 0.6 is 0 Å². The van der Waals surface area contributed by atoms with Gasteiger partial charge in [0.1, 0.15) is 0 Å². The first kappa shape index (κ1) is 15.0. The lowest BCUT2D eigenvalue weighted by molar-refractivity contribution is 0.0698. The van der Waals surface area contributed by atoms with Gasteiger partial charge in [0.05, 0.1) is 17.4 Å². The van der Waals surface area contributed by atoms with Crippen molar-refractivity contribution in [2.24, 2.45) is 7.05 Å². The van der Waals surface area contributed by atoms with Gasteiger partial charge in [-0.3, -0.25) is 9.40 Å². The number of aromatic nitrogens is 2. The Labute approximate surface area is 122 Å². The van der Waals surface area contributed by atoms with E-state index in [0.29, 0.717) is 5.56 Å². The molecule has 0 unspecified atom stereocenters. The molecular formula is C13H15N3O4S. The van der Waals surface area contributed by atoms with Crippen molar-refractivity contribution in [3.8, 4) is 0 Å². The van der Waals surface area contributed by atoms with E-state index in [0.717, 1.165) is 5.56 Å². The number of aromatic carboxylic acids is 1. The zero-order valence-corrected chi connectivity index (χ0v) is 12.6. The van der Waals surface area contributed by atoms with Gasteiger partial charge in [0.2, 0.25) is 0 Å². The third kappa shape index (κ3) is 2.89. The number of carboxylic acids is 1. The van der Waals surface area contributed by atoms with Crippen LogP contribution in [0.1, 0.15) is 21.5 Å². The molecular weight excluding hydrogens is 294 g/mol. The molecule has 112 valence electrons. The molecule has 0 fully saturated rings. The Morgan fingerprint density at radius 2 is 2.00 bits per heavy atom. The number of carbonyl (C=O) groups is 1. The van der Waals surface area contributed by atoms with Gasteiger partial charge >= 0.3 is 5.97 Å². The van der Waals surface area contributed by atoms with E-state index in [1.165, 1.54) is 30.1 Å². The van der Waals surface area contributed by atoms with Gasteiger partial charge < -0.3 is 5.11 Å². The maximum absolute atomic E-state index is 12.3. The van der Waals surface area contributed by atoms with Crippen LogP contribution in [0.25, 0.3) is 0 Å². The van der Waals surface area contributed by atoms with Crippen LogP contribution in [0.2, 0.25) is 0 Å². The van der Waals surface area contributed by atoms with Gasteiger partial charge in [-0.15, -0.1) is 0 Å². The van der Waals surface area contributed by atoms with Gasteiger partial charge in [0.15, 0.2) is 5.03 Å². The molecule has 0 bridgehead atoms. The Morgan fingerprint density at radius 3 is 2.52 bits per heavy atom. The van der Waals surface area contributed by atoms with Crippen molar-refractivity contribution in [2.75, 3.05) is 4.72 Å². The summed E-state index contributed by atoms with van der Waals surface area (Å²) in [4.78, 5) is 11.3. The molecule has 0 amide bonds. The third-order valence-electron chi connectivity index (χ3n) is 3.00. The number of aryl methyl sites for hydroxylation is 3. The molecule has 1 aromatic heterocycles. The standard InChI is InChI=1S/C13H15N3O4S/c1-8-6-9(2)12(10(7-8)13(17)18)15-21(19,20)11-4-5-14-16(11)3/h4-7,15H,1-3H3,(H,17,18). The van der Waals surface area contributed by atoms with Crippen LogP contribution in [0.15, 0.2) is 29.4 Å². The van der Waals surface area contributed by atoms with E-state index in [1.807, 2.05) is 0 Å². The van der Waals surface area contributed by atoms with Crippen LogP contribution in [0.3, 0.4) is 0 Å². The van der Waals surface area contributed by atoms with Crippen LogP contribution in [-0.2, 0) is 17.1 Å². The SMILES string of the molecule is Cc1cc(C)c(NS(=O)(=O)c2ccnn2C)c(C(=O)O)c1. The largest absolute Gasteiger partial charge is 0.478 e. The Hall–Kier alpha value is -2.35. The van der Waals surface area contributed by atoms with Gasteiger partial charge in [-0.1, -0.05) is 6.07 Å². The van der Waals surface area contributed by atoms with Gasteiger partial charge in [-0.05, 0) is 37.1 Å². The maximum Gasteiger partial charge on any atom is 0.337 e. The summed E-state index contributed by atoms with van der Waals surface area (Å²) in [6, 6.07) is 4.48. The van der Waals surface area contributed by atoms with E-state index >= 15 is 0 Å². The Kier molecular flexibility index (Phi) is 3.73. The number of hydrogen-bond acceptors (Lipinski definition) is 4. The Balaban J connectivity index is 2.54.